The number of nitrogens with zero attached hydrogens (tertiary/aromatic N) is 4. The van der Waals surface area contributed by atoms with Crippen molar-refractivity contribution in [3.05, 3.63) is 18.0 Å². The van der Waals surface area contributed by atoms with Gasteiger partial charge in [0.1, 0.15) is 5.60 Å². The lowest BCUT2D eigenvalue weighted by Crippen LogP contribution is -2.66. The van der Waals surface area contributed by atoms with E-state index in [4.69, 9.17) is 4.74 Å². The molecule has 3 rings (SSSR count). The second-order valence-corrected chi connectivity index (χ2v) is 9.18. The number of amides is 2. The zero-order chi connectivity index (χ0) is 20.0. The van der Waals surface area contributed by atoms with Gasteiger partial charge in [-0.15, -0.1) is 0 Å². The molecule has 8 heteroatoms. The van der Waals surface area contributed by atoms with Crippen LogP contribution in [0.25, 0.3) is 0 Å². The number of ether oxygens (including phenoxy) is 1. The highest BCUT2D eigenvalue weighted by Gasteiger charge is 2.48. The number of carbonyl (C=O) groups is 2. The highest BCUT2D eigenvalue weighted by atomic mass is 16.6. The minimum absolute atomic E-state index is 0.258. The smallest absolute Gasteiger partial charge is 0.410 e. The van der Waals surface area contributed by atoms with Crippen LogP contribution in [0.5, 0.6) is 0 Å². The van der Waals surface area contributed by atoms with E-state index in [9.17, 15) is 14.7 Å². The third kappa shape index (κ3) is 3.95. The Kier molecular flexibility index (Phi) is 4.74. The van der Waals surface area contributed by atoms with E-state index in [0.717, 1.165) is 5.69 Å². The lowest BCUT2D eigenvalue weighted by molar-refractivity contribution is -0.163. The molecule has 1 aromatic rings. The highest BCUT2D eigenvalue weighted by Crippen LogP contribution is 2.31. The van der Waals surface area contributed by atoms with Crippen LogP contribution in [-0.4, -0.2) is 73.1 Å². The normalized spacial score (nSPS) is 25.1. The Morgan fingerprint density at radius 3 is 2.56 bits per heavy atom. The van der Waals surface area contributed by atoms with Crippen molar-refractivity contribution in [1.29, 1.82) is 0 Å². The first-order chi connectivity index (χ1) is 12.4. The van der Waals surface area contributed by atoms with E-state index in [2.05, 4.69) is 5.10 Å². The molecule has 0 bridgehead atoms. The van der Waals surface area contributed by atoms with Crippen LogP contribution in [-0.2, 0) is 22.5 Å². The molecule has 2 aliphatic heterocycles. The van der Waals surface area contributed by atoms with Crippen molar-refractivity contribution in [2.75, 3.05) is 19.6 Å². The molecule has 2 aliphatic rings. The Morgan fingerprint density at radius 1 is 1.22 bits per heavy atom. The molecule has 150 valence electrons. The fourth-order valence-corrected chi connectivity index (χ4v) is 3.84. The van der Waals surface area contributed by atoms with Crippen LogP contribution in [0, 0.1) is 0 Å². The molecule has 0 spiro atoms. The van der Waals surface area contributed by atoms with Crippen LogP contribution in [0.3, 0.4) is 0 Å². The fourth-order valence-electron chi connectivity index (χ4n) is 3.84. The quantitative estimate of drug-likeness (QED) is 0.798. The predicted octanol–water partition coefficient (Wildman–Crippen LogP) is 1.42. The predicted molar refractivity (Wildman–Crippen MR) is 99.1 cm³/mol. The van der Waals surface area contributed by atoms with Crippen LogP contribution >= 0.6 is 0 Å². The van der Waals surface area contributed by atoms with E-state index < -0.39 is 16.7 Å². The van der Waals surface area contributed by atoms with Gasteiger partial charge >= 0.3 is 6.09 Å². The molecule has 0 saturated carbocycles. The molecule has 3 heterocycles. The first kappa shape index (κ1) is 19.7. The maximum Gasteiger partial charge on any atom is 0.410 e. The van der Waals surface area contributed by atoms with E-state index in [0.29, 0.717) is 32.6 Å². The SMILES string of the molecule is CC(C)(C)OC(=O)N1CCN(C(=O)C2(O)CCn3nccc3C2)C(C)(C)C1. The first-order valence-corrected chi connectivity index (χ1v) is 9.44. The summed E-state index contributed by atoms with van der Waals surface area (Å²) in [5.41, 5.74) is -1.72. The maximum atomic E-state index is 13.2. The summed E-state index contributed by atoms with van der Waals surface area (Å²) in [4.78, 5) is 29.0. The van der Waals surface area contributed by atoms with Crippen LogP contribution in [0.1, 0.15) is 46.7 Å². The molecule has 0 aromatic carbocycles. The topological polar surface area (TPSA) is 87.9 Å². The average molecular weight is 378 g/mol. The summed E-state index contributed by atoms with van der Waals surface area (Å²) in [6.45, 7) is 11.0. The van der Waals surface area contributed by atoms with Gasteiger partial charge in [-0.05, 0) is 40.7 Å². The third-order valence-electron chi connectivity index (χ3n) is 5.21. The van der Waals surface area contributed by atoms with Gasteiger partial charge in [0, 0.05) is 50.9 Å². The largest absolute Gasteiger partial charge is 0.444 e. The summed E-state index contributed by atoms with van der Waals surface area (Å²) in [6.07, 6.45) is 1.91. The molecule has 8 nitrogen and oxygen atoms in total. The van der Waals surface area contributed by atoms with E-state index in [1.165, 1.54) is 0 Å². The molecule has 1 unspecified atom stereocenters. The lowest BCUT2D eigenvalue weighted by atomic mass is 9.86. The molecular weight excluding hydrogens is 348 g/mol. The number of aromatic nitrogens is 2. The molecule has 1 atom stereocenters. The van der Waals surface area contributed by atoms with E-state index in [1.54, 1.807) is 16.0 Å². The standard InChI is InChI=1S/C19H30N4O4/c1-17(2,3)27-16(25)21-10-11-22(18(4,5)13-21)15(24)19(26)7-9-23-14(12-19)6-8-20-23/h6,8,26H,7,9-13H2,1-5H3. The monoisotopic (exact) mass is 378 g/mol. The minimum atomic E-state index is -1.43. The van der Waals surface area contributed by atoms with Gasteiger partial charge < -0.3 is 19.6 Å². The summed E-state index contributed by atoms with van der Waals surface area (Å²) in [7, 11) is 0. The Balaban J connectivity index is 1.71. The van der Waals surface area contributed by atoms with Crippen molar-refractivity contribution in [3.8, 4) is 0 Å². The molecule has 1 N–H and O–H groups in total. The van der Waals surface area contributed by atoms with Crippen molar-refractivity contribution in [2.45, 2.75) is 70.7 Å². The summed E-state index contributed by atoms with van der Waals surface area (Å²) in [6, 6.07) is 1.84. The van der Waals surface area contributed by atoms with Crippen LogP contribution in [0.15, 0.2) is 12.3 Å². The zero-order valence-electron chi connectivity index (χ0n) is 16.9. The second-order valence-electron chi connectivity index (χ2n) is 9.18. The lowest BCUT2D eigenvalue weighted by Gasteiger charge is -2.49. The molecule has 0 aliphatic carbocycles. The van der Waals surface area contributed by atoms with Crippen molar-refractivity contribution in [1.82, 2.24) is 19.6 Å². The van der Waals surface area contributed by atoms with Gasteiger partial charge in [-0.25, -0.2) is 4.79 Å². The Bertz CT molecular complexity index is 736. The van der Waals surface area contributed by atoms with E-state index in [-0.39, 0.29) is 18.4 Å². The summed E-state index contributed by atoms with van der Waals surface area (Å²) in [5, 5.41) is 15.3. The van der Waals surface area contributed by atoms with Crippen LogP contribution < -0.4 is 0 Å². The van der Waals surface area contributed by atoms with Gasteiger partial charge in [0.2, 0.25) is 0 Å². The number of aliphatic hydroxyl groups is 1. The van der Waals surface area contributed by atoms with Gasteiger partial charge in [-0.3, -0.25) is 9.48 Å². The van der Waals surface area contributed by atoms with Gasteiger partial charge in [0.25, 0.3) is 5.91 Å². The average Bonchev–Trinajstić information content (AvgIpc) is 2.98. The Labute approximate surface area is 160 Å². The van der Waals surface area contributed by atoms with Gasteiger partial charge in [-0.2, -0.15) is 5.10 Å². The number of piperazine rings is 1. The molecule has 1 saturated heterocycles. The Hall–Kier alpha value is -2.09. The first-order valence-electron chi connectivity index (χ1n) is 9.44. The zero-order valence-corrected chi connectivity index (χ0v) is 16.9. The van der Waals surface area contributed by atoms with Crippen molar-refractivity contribution in [3.63, 3.8) is 0 Å². The van der Waals surface area contributed by atoms with Gasteiger partial charge in [-0.1, -0.05) is 0 Å². The second kappa shape index (κ2) is 6.51. The van der Waals surface area contributed by atoms with E-state index in [1.807, 2.05) is 45.4 Å². The van der Waals surface area contributed by atoms with E-state index >= 15 is 0 Å². The van der Waals surface area contributed by atoms with Crippen LogP contribution in [0.4, 0.5) is 4.79 Å². The number of fused-ring (bicyclic) bond motifs is 1. The molecule has 2 amide bonds. The minimum Gasteiger partial charge on any atom is -0.444 e. The third-order valence-corrected chi connectivity index (χ3v) is 5.21. The fraction of sp³-hybridized carbons (Fsp3) is 0.737. The molecule has 1 fully saturated rings. The number of aryl methyl sites for hydroxylation is 1. The molecule has 27 heavy (non-hydrogen) atoms. The maximum absolute atomic E-state index is 13.2. The highest BCUT2D eigenvalue weighted by molar-refractivity contribution is 5.86. The van der Waals surface area contributed by atoms with Gasteiger partial charge in [0.15, 0.2) is 5.60 Å². The summed E-state index contributed by atoms with van der Waals surface area (Å²) < 4.78 is 7.28. The van der Waals surface area contributed by atoms with Crippen molar-refractivity contribution in [2.24, 2.45) is 0 Å². The molecule has 0 radical (unpaired) electrons. The Morgan fingerprint density at radius 2 is 1.93 bits per heavy atom. The van der Waals surface area contributed by atoms with Crippen molar-refractivity contribution >= 4 is 12.0 Å². The number of rotatable bonds is 1. The van der Waals surface area contributed by atoms with Crippen molar-refractivity contribution < 1.29 is 19.4 Å². The number of hydrogen-bond donors (Lipinski definition) is 1. The number of hydrogen-bond acceptors (Lipinski definition) is 5. The summed E-state index contributed by atoms with van der Waals surface area (Å²) >= 11 is 0. The molecular formula is C19H30N4O4. The van der Waals surface area contributed by atoms with Gasteiger partial charge in [0.05, 0.1) is 5.54 Å². The molecule has 1 aromatic heterocycles. The number of carbonyl (C=O) groups excluding carboxylic acids is 2. The van der Waals surface area contributed by atoms with Crippen LogP contribution in [0.2, 0.25) is 0 Å². The summed E-state index contributed by atoms with van der Waals surface area (Å²) in [5.74, 6) is -0.274.